The lowest BCUT2D eigenvalue weighted by atomic mass is 10.2. The maximum Gasteiger partial charge on any atom is 0.407 e. The summed E-state index contributed by atoms with van der Waals surface area (Å²) in [5.41, 5.74) is -0.288. The number of hydroxylamine groups is 1. The van der Waals surface area contributed by atoms with Crippen molar-refractivity contribution in [1.82, 2.24) is 5.32 Å². The molecule has 22 heavy (non-hydrogen) atoms. The molecule has 0 saturated heterocycles. The molecule has 0 aliphatic carbocycles. The molecule has 1 rings (SSSR count). The molecule has 0 fully saturated rings. The van der Waals surface area contributed by atoms with E-state index in [4.69, 9.17) is 9.47 Å². The molecule has 0 saturated carbocycles. The first-order valence-corrected chi connectivity index (χ1v) is 7.02. The zero-order valence-electron chi connectivity index (χ0n) is 13.5. The van der Waals surface area contributed by atoms with Crippen LogP contribution in [0, 0.1) is 11.0 Å². The quantitative estimate of drug-likeness (QED) is 0.812. The van der Waals surface area contributed by atoms with E-state index in [1.54, 1.807) is 27.7 Å². The van der Waals surface area contributed by atoms with Gasteiger partial charge in [-0.15, -0.1) is 0 Å². The average Bonchev–Trinajstić information content (AvgIpc) is 2.34. The molecule has 1 aromatic carbocycles. The number of halogens is 1. The summed E-state index contributed by atoms with van der Waals surface area (Å²) in [6.07, 6.45) is -1.01. The summed E-state index contributed by atoms with van der Waals surface area (Å²) in [6, 6.07) is 3.73. The van der Waals surface area contributed by atoms with Gasteiger partial charge in [-0.2, -0.15) is 0 Å². The van der Waals surface area contributed by atoms with E-state index < -0.39 is 23.6 Å². The molecule has 0 aliphatic rings. The molecule has 0 bridgehead atoms. The average molecular weight is 314 g/mol. The van der Waals surface area contributed by atoms with Crippen LogP contribution in [-0.4, -0.2) is 31.4 Å². The number of amides is 1. The largest absolute Gasteiger partial charge is 0.629 e. The van der Waals surface area contributed by atoms with E-state index in [1.807, 2.05) is 0 Å². The Kier molecular flexibility index (Phi) is 6.13. The number of rotatable bonds is 5. The van der Waals surface area contributed by atoms with Gasteiger partial charge in [-0.05, 0) is 33.8 Å². The van der Waals surface area contributed by atoms with Crippen LogP contribution in [-0.2, 0) is 4.74 Å². The second-order valence-corrected chi connectivity index (χ2v) is 6.01. The Morgan fingerprint density at radius 1 is 1.45 bits per heavy atom. The number of nitrogens with one attached hydrogen (secondary N) is 2. The first-order chi connectivity index (χ1) is 10.1. The number of alkyl carbamates (subject to hydrolysis) is 1. The van der Waals surface area contributed by atoms with Crippen molar-refractivity contribution in [2.24, 2.45) is 0 Å². The minimum Gasteiger partial charge on any atom is -0.629 e. The van der Waals surface area contributed by atoms with Gasteiger partial charge in [-0.3, -0.25) is 0 Å². The van der Waals surface area contributed by atoms with Crippen LogP contribution in [0.25, 0.3) is 0 Å². The summed E-state index contributed by atoms with van der Waals surface area (Å²) in [5, 5.41) is 13.8. The summed E-state index contributed by atoms with van der Waals surface area (Å²) in [6.45, 7) is 7.16. The zero-order chi connectivity index (χ0) is 16.9. The van der Waals surface area contributed by atoms with Gasteiger partial charge < -0.3 is 25.1 Å². The third-order valence-electron chi connectivity index (χ3n) is 2.58. The fourth-order valence-electron chi connectivity index (χ4n) is 1.68. The first-order valence-electron chi connectivity index (χ1n) is 7.02. The molecular formula is C15H23FN2O4. The van der Waals surface area contributed by atoms with E-state index in [0.717, 1.165) is 6.07 Å². The van der Waals surface area contributed by atoms with Crippen molar-refractivity contribution in [3.05, 3.63) is 29.2 Å². The lowest BCUT2D eigenvalue weighted by Crippen LogP contribution is -2.98. The van der Waals surface area contributed by atoms with Gasteiger partial charge >= 0.3 is 6.09 Å². The Morgan fingerprint density at radius 2 is 2.09 bits per heavy atom. The molecule has 0 radical (unpaired) electrons. The van der Waals surface area contributed by atoms with Gasteiger partial charge in [0.25, 0.3) is 0 Å². The second kappa shape index (κ2) is 7.42. The van der Waals surface area contributed by atoms with Gasteiger partial charge in [0.15, 0.2) is 11.4 Å². The lowest BCUT2D eigenvalue weighted by molar-refractivity contribution is -0.751. The molecule has 6 nitrogen and oxygen atoms in total. The van der Waals surface area contributed by atoms with Gasteiger partial charge in [0.1, 0.15) is 17.5 Å². The lowest BCUT2D eigenvalue weighted by Gasteiger charge is -2.23. The van der Waals surface area contributed by atoms with Crippen LogP contribution in [0.3, 0.4) is 0 Å². The Bertz CT molecular complexity index is 515. The number of quaternary nitrogens is 1. The molecule has 124 valence electrons. The molecule has 1 aromatic rings. The standard InChI is InChI=1S/C15H23FN2O4/c1-10(9-17-14(19)22-15(2,3)4)21-13-8-11(16)6-7-12(13)18(5)20/h6-8,10,18H,9H2,1-5H3,(H,17,19). The fourth-order valence-corrected chi connectivity index (χ4v) is 1.68. The minimum absolute atomic E-state index is 0.158. The maximum atomic E-state index is 13.3. The van der Waals surface area contributed by atoms with Crippen molar-refractivity contribution in [3.63, 3.8) is 0 Å². The number of carbonyl (C=O) groups excluding carboxylic acids is 1. The maximum absolute atomic E-state index is 13.3. The number of hydrogen-bond acceptors (Lipinski definition) is 4. The van der Waals surface area contributed by atoms with Crippen LogP contribution in [0.4, 0.5) is 14.9 Å². The fraction of sp³-hybridized carbons (Fsp3) is 0.533. The third kappa shape index (κ3) is 6.28. The Morgan fingerprint density at radius 3 is 2.64 bits per heavy atom. The summed E-state index contributed by atoms with van der Waals surface area (Å²) in [7, 11) is 1.38. The molecule has 2 N–H and O–H groups in total. The number of ether oxygens (including phenoxy) is 2. The van der Waals surface area contributed by atoms with Crippen LogP contribution in [0.5, 0.6) is 5.75 Å². The van der Waals surface area contributed by atoms with Gasteiger partial charge in [-0.25, -0.2) is 9.18 Å². The Balaban J connectivity index is 2.60. The highest BCUT2D eigenvalue weighted by molar-refractivity contribution is 5.67. The van der Waals surface area contributed by atoms with Gasteiger partial charge in [-0.1, -0.05) is 0 Å². The Hall–Kier alpha value is -1.86. The van der Waals surface area contributed by atoms with E-state index in [2.05, 4.69) is 5.32 Å². The van der Waals surface area contributed by atoms with E-state index >= 15 is 0 Å². The number of benzene rings is 1. The highest BCUT2D eigenvalue weighted by Crippen LogP contribution is 2.23. The molecule has 0 aliphatic heterocycles. The molecule has 0 spiro atoms. The van der Waals surface area contributed by atoms with E-state index in [-0.39, 0.29) is 17.4 Å². The van der Waals surface area contributed by atoms with Gasteiger partial charge in [0.2, 0.25) is 0 Å². The highest BCUT2D eigenvalue weighted by Gasteiger charge is 2.18. The van der Waals surface area contributed by atoms with Crippen molar-refractivity contribution in [2.45, 2.75) is 39.4 Å². The molecule has 7 heteroatoms. The molecular weight excluding hydrogens is 291 g/mol. The highest BCUT2D eigenvalue weighted by atomic mass is 19.1. The van der Waals surface area contributed by atoms with Crippen molar-refractivity contribution < 1.29 is 23.7 Å². The number of hydrogen-bond donors (Lipinski definition) is 2. The molecule has 0 heterocycles. The van der Waals surface area contributed by atoms with Crippen molar-refractivity contribution >= 4 is 11.8 Å². The summed E-state index contributed by atoms with van der Waals surface area (Å²) < 4.78 is 23.9. The normalized spacial score (nSPS) is 14.1. The summed E-state index contributed by atoms with van der Waals surface area (Å²) in [5.74, 6) is -0.335. The second-order valence-electron chi connectivity index (χ2n) is 6.01. The number of carbonyl (C=O) groups is 1. The molecule has 2 unspecified atom stereocenters. The smallest absolute Gasteiger partial charge is 0.407 e. The van der Waals surface area contributed by atoms with Crippen LogP contribution in [0.1, 0.15) is 27.7 Å². The molecule has 0 aromatic heterocycles. The monoisotopic (exact) mass is 314 g/mol. The predicted molar refractivity (Wildman–Crippen MR) is 80.6 cm³/mol. The zero-order valence-corrected chi connectivity index (χ0v) is 13.5. The predicted octanol–water partition coefficient (Wildman–Crippen LogP) is 1.76. The Labute approximate surface area is 129 Å². The van der Waals surface area contributed by atoms with E-state index in [1.165, 1.54) is 19.2 Å². The topological polar surface area (TPSA) is 75.1 Å². The van der Waals surface area contributed by atoms with Crippen molar-refractivity contribution in [3.8, 4) is 5.75 Å². The van der Waals surface area contributed by atoms with Crippen LogP contribution in [0.15, 0.2) is 18.2 Å². The van der Waals surface area contributed by atoms with E-state index in [0.29, 0.717) is 5.69 Å². The van der Waals surface area contributed by atoms with Crippen LogP contribution >= 0.6 is 0 Å². The van der Waals surface area contributed by atoms with E-state index in [9.17, 15) is 14.4 Å². The van der Waals surface area contributed by atoms with Crippen molar-refractivity contribution in [2.75, 3.05) is 13.6 Å². The SMILES string of the molecule is CC(CNC(=O)OC(C)(C)C)Oc1cc(F)ccc1[NH+](C)[O-]. The summed E-state index contributed by atoms with van der Waals surface area (Å²) in [4.78, 5) is 11.5. The first kappa shape index (κ1) is 18.2. The molecule has 2 atom stereocenters. The third-order valence-corrected chi connectivity index (χ3v) is 2.58. The minimum atomic E-state index is -0.585. The van der Waals surface area contributed by atoms with Crippen molar-refractivity contribution in [1.29, 1.82) is 0 Å². The molecule has 1 amide bonds. The van der Waals surface area contributed by atoms with Gasteiger partial charge in [0, 0.05) is 12.1 Å². The van der Waals surface area contributed by atoms with Gasteiger partial charge in [0.05, 0.1) is 13.6 Å². The van der Waals surface area contributed by atoms with Crippen LogP contribution in [0.2, 0.25) is 0 Å². The summed E-state index contributed by atoms with van der Waals surface area (Å²) >= 11 is 0. The van der Waals surface area contributed by atoms with Crippen LogP contribution < -0.4 is 15.1 Å².